The minimum atomic E-state index is -4.63. The Morgan fingerprint density at radius 3 is 2.42 bits per heavy atom. The molecular weight excluding hydrogens is 720 g/mol. The zero-order valence-electron chi connectivity index (χ0n) is 27.3. The van der Waals surface area contributed by atoms with Crippen LogP contribution in [0.25, 0.3) is 0 Å². The van der Waals surface area contributed by atoms with E-state index in [0.29, 0.717) is 28.4 Å². The van der Waals surface area contributed by atoms with Crippen LogP contribution in [0.2, 0.25) is 0 Å². The van der Waals surface area contributed by atoms with E-state index in [0.717, 1.165) is 38.8 Å². The third-order valence-electron chi connectivity index (χ3n) is 10.4. The number of carbonyl (C=O) groups excluding carboxylic acids is 4. The number of benzene rings is 3. The number of halogens is 3. The number of aromatic amines is 1. The largest absolute Gasteiger partial charge is 0.484 e. The standard InChI is InChI=1S/C37H30F3N3O7S2/c1-2-49-35(47)17-9-11-20(12-10-17)41-25(44)16-50-22-8-3-5-18(13-22)26-27-23-15-24(30(27)51-32-31(26)52-36(48)42-32)29-28(23)33(45)43(34(29)46)21-7-4-6-19(14-21)37(38,39)40/h3-14,23-24,26-30H,2,15-16H2,1H3,(H,41,44)(H,42,48)/t23-,24-,26+,27-,28+,29+,30-/m1/s1. The number of nitrogens with zero attached hydrogens (tertiary/aromatic N) is 1. The van der Waals surface area contributed by atoms with Gasteiger partial charge >= 0.3 is 17.0 Å². The summed E-state index contributed by atoms with van der Waals surface area (Å²) < 4.78 is 51.5. The normalized spacial score (nSPS) is 25.8. The maximum Gasteiger partial charge on any atom is 0.416 e. The highest BCUT2D eigenvalue weighted by atomic mass is 32.2. The van der Waals surface area contributed by atoms with E-state index >= 15 is 0 Å². The molecular formula is C37H30F3N3O7S2. The Kier molecular flexibility index (Phi) is 8.52. The van der Waals surface area contributed by atoms with Crippen LogP contribution in [-0.4, -0.2) is 47.1 Å². The Labute approximate surface area is 302 Å². The second-order valence-electron chi connectivity index (χ2n) is 13.2. The number of hydrogen-bond donors (Lipinski definition) is 2. The van der Waals surface area contributed by atoms with E-state index in [2.05, 4.69) is 10.3 Å². The van der Waals surface area contributed by atoms with Crippen LogP contribution >= 0.6 is 23.1 Å². The van der Waals surface area contributed by atoms with Gasteiger partial charge in [0.25, 0.3) is 5.91 Å². The summed E-state index contributed by atoms with van der Waals surface area (Å²) in [5, 5.41) is 3.31. The zero-order chi connectivity index (χ0) is 36.5. The van der Waals surface area contributed by atoms with Crippen LogP contribution in [0.3, 0.4) is 0 Å². The molecule has 2 N–H and O–H groups in total. The minimum absolute atomic E-state index is 0.0863. The number of fused-ring (bicyclic) bond motifs is 9. The quantitative estimate of drug-likeness (QED) is 0.158. The van der Waals surface area contributed by atoms with Gasteiger partial charge < -0.3 is 19.8 Å². The number of carbonyl (C=O) groups is 4. The molecule has 0 radical (unpaired) electrons. The van der Waals surface area contributed by atoms with E-state index in [-0.39, 0.29) is 52.7 Å². The van der Waals surface area contributed by atoms with Crippen LogP contribution in [0.15, 0.2) is 82.6 Å². The topological polar surface area (TPSA) is 135 Å². The van der Waals surface area contributed by atoms with Crippen molar-refractivity contribution in [1.82, 2.24) is 4.98 Å². The number of esters is 1. The van der Waals surface area contributed by atoms with Gasteiger partial charge in [-0.3, -0.25) is 24.1 Å². The lowest BCUT2D eigenvalue weighted by molar-refractivity contribution is -0.137. The number of amides is 3. The van der Waals surface area contributed by atoms with Gasteiger partial charge in [0, 0.05) is 21.7 Å². The Bertz CT molecular complexity index is 2170. The van der Waals surface area contributed by atoms with Gasteiger partial charge in [0.05, 0.1) is 40.3 Å². The Morgan fingerprint density at radius 1 is 0.962 bits per heavy atom. The van der Waals surface area contributed by atoms with Crippen molar-refractivity contribution in [3.05, 3.63) is 104 Å². The molecule has 268 valence electrons. The van der Waals surface area contributed by atoms with E-state index in [4.69, 9.17) is 9.47 Å². The number of thioether (sulfide) groups is 1. The first-order valence-corrected chi connectivity index (χ1v) is 18.4. The molecule has 0 spiro atoms. The average molecular weight is 750 g/mol. The smallest absolute Gasteiger partial charge is 0.416 e. The van der Waals surface area contributed by atoms with Gasteiger partial charge in [-0.25, -0.2) is 4.79 Å². The first-order valence-electron chi connectivity index (χ1n) is 16.7. The number of hydrogen-bond acceptors (Lipinski definition) is 9. The molecule has 10 nitrogen and oxygen atoms in total. The molecule has 0 unspecified atom stereocenters. The highest BCUT2D eigenvalue weighted by Gasteiger charge is 2.69. The van der Waals surface area contributed by atoms with E-state index in [1.54, 1.807) is 43.3 Å². The minimum Gasteiger partial charge on any atom is -0.484 e. The molecule has 8 rings (SSSR count). The molecule has 3 aromatic carbocycles. The van der Waals surface area contributed by atoms with Crippen molar-refractivity contribution in [2.24, 2.45) is 29.6 Å². The molecule has 15 heteroatoms. The number of anilines is 2. The monoisotopic (exact) mass is 749 g/mol. The lowest BCUT2D eigenvalue weighted by atomic mass is 9.68. The molecule has 2 saturated carbocycles. The number of aromatic nitrogens is 1. The molecule has 3 fully saturated rings. The second-order valence-corrected chi connectivity index (χ2v) is 15.4. The molecule has 1 saturated heterocycles. The lowest BCUT2D eigenvalue weighted by Crippen LogP contribution is -2.42. The molecule has 52 heavy (non-hydrogen) atoms. The lowest BCUT2D eigenvalue weighted by Gasteiger charge is -2.43. The first kappa shape index (κ1) is 34.2. The molecule has 1 aromatic heterocycles. The molecule has 3 amide bonds. The average Bonchev–Trinajstić information content (AvgIpc) is 3.86. The highest BCUT2D eigenvalue weighted by molar-refractivity contribution is 8.00. The molecule has 3 heterocycles. The summed E-state index contributed by atoms with van der Waals surface area (Å²) in [7, 11) is 0. The third kappa shape index (κ3) is 5.79. The number of H-pyrrole nitrogens is 1. The van der Waals surface area contributed by atoms with Gasteiger partial charge in [0.1, 0.15) is 5.75 Å². The van der Waals surface area contributed by atoms with Gasteiger partial charge in [-0.2, -0.15) is 13.2 Å². The Balaban J connectivity index is 1.03. The van der Waals surface area contributed by atoms with Gasteiger partial charge in [0.2, 0.25) is 11.8 Å². The fraction of sp³-hybridized carbons (Fsp3) is 0.324. The van der Waals surface area contributed by atoms with E-state index < -0.39 is 47.3 Å². The summed E-state index contributed by atoms with van der Waals surface area (Å²) in [6.45, 7) is 1.65. The van der Waals surface area contributed by atoms with Crippen molar-refractivity contribution in [3.63, 3.8) is 0 Å². The van der Waals surface area contributed by atoms with Gasteiger partial charge in [-0.1, -0.05) is 29.5 Å². The maximum absolute atomic E-state index is 14.0. The van der Waals surface area contributed by atoms with Crippen LogP contribution in [-0.2, 0) is 25.3 Å². The number of alkyl halides is 3. The summed E-state index contributed by atoms with van der Waals surface area (Å²) >= 11 is 2.60. The van der Waals surface area contributed by atoms with E-state index in [9.17, 15) is 37.1 Å². The summed E-state index contributed by atoms with van der Waals surface area (Å²) in [5.74, 6) is -3.75. The summed E-state index contributed by atoms with van der Waals surface area (Å²) in [6, 6.07) is 17.8. The van der Waals surface area contributed by atoms with Gasteiger partial charge in [0.15, 0.2) is 6.61 Å². The number of ether oxygens (including phenoxy) is 2. The zero-order valence-corrected chi connectivity index (χ0v) is 29.0. The summed E-state index contributed by atoms with van der Waals surface area (Å²) in [6.07, 6.45) is -4.02. The van der Waals surface area contributed by atoms with E-state index in [1.165, 1.54) is 23.9 Å². The Morgan fingerprint density at radius 2 is 1.69 bits per heavy atom. The van der Waals surface area contributed by atoms with Crippen molar-refractivity contribution in [3.8, 4) is 5.75 Å². The molecule has 2 bridgehead atoms. The van der Waals surface area contributed by atoms with Crippen molar-refractivity contribution in [2.45, 2.75) is 35.7 Å². The van der Waals surface area contributed by atoms with E-state index in [1.807, 2.05) is 12.1 Å². The van der Waals surface area contributed by atoms with Crippen molar-refractivity contribution in [1.29, 1.82) is 0 Å². The van der Waals surface area contributed by atoms with Crippen molar-refractivity contribution >= 4 is 58.2 Å². The van der Waals surface area contributed by atoms with Crippen molar-refractivity contribution < 1.29 is 41.8 Å². The first-order chi connectivity index (χ1) is 24.9. The highest BCUT2D eigenvalue weighted by Crippen LogP contribution is 2.68. The number of thiazole rings is 1. The van der Waals surface area contributed by atoms with Crippen molar-refractivity contribution in [2.75, 3.05) is 23.4 Å². The van der Waals surface area contributed by atoms with Crippen LogP contribution in [0.1, 0.15) is 45.6 Å². The van der Waals surface area contributed by atoms with Crippen LogP contribution in [0.5, 0.6) is 5.75 Å². The van der Waals surface area contributed by atoms with Crippen LogP contribution in [0.4, 0.5) is 24.5 Å². The Hall–Kier alpha value is -4.89. The number of imide groups is 1. The second kappa shape index (κ2) is 13.0. The molecule has 4 aromatic rings. The molecule has 7 atom stereocenters. The van der Waals surface area contributed by atoms with Crippen LogP contribution in [0, 0.1) is 29.6 Å². The number of nitrogens with one attached hydrogen (secondary N) is 2. The fourth-order valence-electron chi connectivity index (χ4n) is 8.51. The summed E-state index contributed by atoms with van der Waals surface area (Å²) in [5.41, 5.74) is 0.617. The predicted octanol–water partition coefficient (Wildman–Crippen LogP) is 6.33. The third-order valence-corrected chi connectivity index (χ3v) is 13.0. The fourth-order valence-corrected chi connectivity index (χ4v) is 11.4. The molecule has 2 aliphatic heterocycles. The molecule has 2 aliphatic carbocycles. The maximum atomic E-state index is 14.0. The van der Waals surface area contributed by atoms with Crippen LogP contribution < -0.4 is 19.8 Å². The predicted molar refractivity (Wildman–Crippen MR) is 185 cm³/mol. The summed E-state index contributed by atoms with van der Waals surface area (Å²) in [4.78, 5) is 69.7. The van der Waals surface area contributed by atoms with Gasteiger partial charge in [-0.15, -0.1) is 11.8 Å². The number of rotatable bonds is 8. The SMILES string of the molecule is CCOC(=O)c1ccc(NC(=O)COc2cccc([C@@H]3c4sc(=O)[nH]c4S[C@@H]4[C@@H]5C[C@@H]([C@@H]6C(=O)N(c7cccc(C(F)(F)F)c7)C(=O)[C@@H]56)[C@H]34)c2)cc1. The van der Waals surface area contributed by atoms with Gasteiger partial charge in [-0.05, 0) is 91.3 Å². The molecule has 4 aliphatic rings.